The van der Waals surface area contributed by atoms with Crippen LogP contribution in [0.25, 0.3) is 0 Å². The van der Waals surface area contributed by atoms with Gasteiger partial charge in [0.05, 0.1) is 11.3 Å². The third kappa shape index (κ3) is 6.29. The average molecular weight is 356 g/mol. The molecule has 0 aliphatic heterocycles. The fourth-order valence-corrected chi connectivity index (χ4v) is 2.90. The van der Waals surface area contributed by atoms with Gasteiger partial charge < -0.3 is 10.1 Å². The molecular weight excluding hydrogens is 332 g/mol. The Morgan fingerprint density at radius 3 is 2.38 bits per heavy atom. The van der Waals surface area contributed by atoms with Crippen molar-refractivity contribution in [1.82, 2.24) is 4.72 Å². The third-order valence-corrected chi connectivity index (χ3v) is 4.63. The van der Waals surface area contributed by atoms with Gasteiger partial charge in [0, 0.05) is 5.69 Å². The second-order valence-corrected chi connectivity index (χ2v) is 8.49. The van der Waals surface area contributed by atoms with Crippen molar-refractivity contribution >= 4 is 27.6 Å². The Morgan fingerprint density at radius 1 is 1.21 bits per heavy atom. The summed E-state index contributed by atoms with van der Waals surface area (Å²) >= 11 is 0. The van der Waals surface area contributed by atoms with Crippen molar-refractivity contribution in [3.63, 3.8) is 0 Å². The van der Waals surface area contributed by atoms with E-state index in [0.717, 1.165) is 0 Å². The number of hydrogen-bond donors (Lipinski definition) is 2. The van der Waals surface area contributed by atoms with E-state index >= 15 is 0 Å². The Hall–Kier alpha value is -1.93. The Bertz CT molecular complexity index is 720. The number of esters is 1. The first-order valence-electron chi connectivity index (χ1n) is 7.44. The predicted molar refractivity (Wildman–Crippen MR) is 91.1 cm³/mol. The highest BCUT2D eigenvalue weighted by Crippen LogP contribution is 2.20. The van der Waals surface area contributed by atoms with Crippen molar-refractivity contribution in [3.05, 3.63) is 23.8 Å². The summed E-state index contributed by atoms with van der Waals surface area (Å²) in [5.41, 5.74) is 0.645. The van der Waals surface area contributed by atoms with E-state index in [1.807, 2.05) is 20.8 Å². The molecule has 0 aliphatic carbocycles. The maximum atomic E-state index is 11.9. The lowest BCUT2D eigenvalue weighted by atomic mass is 9.92. The lowest BCUT2D eigenvalue weighted by molar-refractivity contribution is -0.149. The molecule has 0 bridgehead atoms. The van der Waals surface area contributed by atoms with Crippen molar-refractivity contribution < 1.29 is 22.7 Å². The molecule has 1 amide bonds. The molecule has 1 aromatic rings. The van der Waals surface area contributed by atoms with Gasteiger partial charge in [-0.3, -0.25) is 9.59 Å². The molecule has 0 saturated heterocycles. The number of carbonyl (C=O) groups is 2. The van der Waals surface area contributed by atoms with E-state index < -0.39 is 28.5 Å². The molecule has 0 unspecified atom stereocenters. The van der Waals surface area contributed by atoms with Gasteiger partial charge in [-0.25, -0.2) is 13.1 Å². The van der Waals surface area contributed by atoms with E-state index in [1.54, 1.807) is 19.1 Å². The quantitative estimate of drug-likeness (QED) is 0.757. The number of benzene rings is 1. The number of aryl methyl sites for hydroxylation is 1. The molecule has 0 radical (unpaired) electrons. The first kappa shape index (κ1) is 20.1. The van der Waals surface area contributed by atoms with Crippen LogP contribution >= 0.6 is 0 Å². The minimum absolute atomic E-state index is 0.0764. The van der Waals surface area contributed by atoms with E-state index in [0.29, 0.717) is 11.3 Å². The fourth-order valence-electron chi connectivity index (χ4n) is 1.90. The van der Waals surface area contributed by atoms with Crippen LogP contribution in [-0.2, 0) is 24.3 Å². The van der Waals surface area contributed by atoms with Crippen molar-refractivity contribution in [2.24, 2.45) is 5.41 Å². The molecule has 0 atom stereocenters. The minimum atomic E-state index is -3.62. The Morgan fingerprint density at radius 2 is 1.83 bits per heavy atom. The maximum Gasteiger partial charge on any atom is 0.306 e. The molecule has 24 heavy (non-hydrogen) atoms. The van der Waals surface area contributed by atoms with E-state index in [2.05, 4.69) is 10.0 Å². The molecule has 1 rings (SSSR count). The van der Waals surface area contributed by atoms with Gasteiger partial charge in [-0.2, -0.15) is 0 Å². The summed E-state index contributed by atoms with van der Waals surface area (Å²) in [5, 5.41) is 2.52. The lowest BCUT2D eigenvalue weighted by Gasteiger charge is -2.16. The smallest absolute Gasteiger partial charge is 0.306 e. The molecule has 0 fully saturated rings. The summed E-state index contributed by atoms with van der Waals surface area (Å²) in [4.78, 5) is 23.5. The minimum Gasteiger partial charge on any atom is -0.456 e. The lowest BCUT2D eigenvalue weighted by Crippen LogP contribution is -2.24. The van der Waals surface area contributed by atoms with E-state index in [1.165, 1.54) is 13.1 Å². The van der Waals surface area contributed by atoms with E-state index in [4.69, 9.17) is 4.74 Å². The third-order valence-electron chi connectivity index (χ3n) is 3.07. The predicted octanol–water partition coefficient (Wildman–Crippen LogP) is 1.82. The molecule has 0 heterocycles. The molecule has 0 saturated carbocycles. The normalized spacial score (nSPS) is 11.9. The highest BCUT2D eigenvalue weighted by atomic mass is 32.2. The van der Waals surface area contributed by atoms with Crippen LogP contribution in [0.3, 0.4) is 0 Å². The van der Waals surface area contributed by atoms with Gasteiger partial charge >= 0.3 is 5.97 Å². The van der Waals surface area contributed by atoms with Crippen LogP contribution in [0.1, 0.15) is 32.8 Å². The molecule has 1 aromatic carbocycles. The summed E-state index contributed by atoms with van der Waals surface area (Å²) in [5.74, 6) is -0.992. The Labute approximate surface area is 142 Å². The van der Waals surface area contributed by atoms with Crippen LogP contribution in [0.2, 0.25) is 0 Å². The largest absolute Gasteiger partial charge is 0.456 e. The molecule has 0 spiro atoms. The number of sulfonamides is 1. The van der Waals surface area contributed by atoms with Crippen LogP contribution in [0, 0.1) is 12.3 Å². The van der Waals surface area contributed by atoms with Crippen LogP contribution in [0.15, 0.2) is 23.1 Å². The summed E-state index contributed by atoms with van der Waals surface area (Å²) in [6.07, 6.45) is 0.204. The van der Waals surface area contributed by atoms with Crippen LogP contribution in [-0.4, -0.2) is 33.9 Å². The van der Waals surface area contributed by atoms with Crippen molar-refractivity contribution in [3.8, 4) is 0 Å². The molecule has 134 valence electrons. The molecular formula is C16H24N2O5S. The number of carbonyl (C=O) groups excluding carboxylic acids is 2. The summed E-state index contributed by atoms with van der Waals surface area (Å²) in [6, 6.07) is 4.53. The van der Waals surface area contributed by atoms with Gasteiger partial charge in [-0.05, 0) is 37.1 Å². The summed E-state index contributed by atoms with van der Waals surface area (Å²) < 4.78 is 31.0. The van der Waals surface area contributed by atoms with E-state index in [-0.39, 0.29) is 16.7 Å². The van der Waals surface area contributed by atoms with Crippen LogP contribution in [0.4, 0.5) is 5.69 Å². The molecule has 0 aromatic heterocycles. The first-order valence-corrected chi connectivity index (χ1v) is 8.92. The molecule has 0 aliphatic rings. The van der Waals surface area contributed by atoms with Gasteiger partial charge in [0.25, 0.3) is 5.91 Å². The van der Waals surface area contributed by atoms with Gasteiger partial charge in [-0.15, -0.1) is 0 Å². The summed E-state index contributed by atoms with van der Waals surface area (Å²) in [6.45, 7) is 6.92. The van der Waals surface area contributed by atoms with Gasteiger partial charge in [-0.1, -0.05) is 26.8 Å². The second-order valence-electron chi connectivity index (χ2n) is 6.63. The van der Waals surface area contributed by atoms with Gasteiger partial charge in [0.2, 0.25) is 10.0 Å². The van der Waals surface area contributed by atoms with Crippen molar-refractivity contribution in [1.29, 1.82) is 0 Å². The number of nitrogens with one attached hydrogen (secondary N) is 2. The van der Waals surface area contributed by atoms with Crippen LogP contribution in [0.5, 0.6) is 0 Å². The number of hydrogen-bond acceptors (Lipinski definition) is 5. The number of amides is 1. The first-order chi connectivity index (χ1) is 10.9. The topological polar surface area (TPSA) is 102 Å². The monoisotopic (exact) mass is 356 g/mol. The number of ether oxygens (including phenoxy) is 1. The zero-order valence-electron chi connectivity index (χ0n) is 14.6. The molecule has 2 N–H and O–H groups in total. The van der Waals surface area contributed by atoms with E-state index in [9.17, 15) is 18.0 Å². The highest BCUT2D eigenvalue weighted by molar-refractivity contribution is 7.89. The standard InChI is InChI=1S/C16H24N2O5S/c1-11-6-7-12(8-13(11)24(21,22)17-5)18-14(19)10-23-15(20)9-16(2,3)4/h6-8,17H,9-10H2,1-5H3,(H,18,19). The Balaban J connectivity index is 2.72. The Kier molecular flexibility index (Phi) is 6.50. The highest BCUT2D eigenvalue weighted by Gasteiger charge is 2.19. The van der Waals surface area contributed by atoms with Crippen LogP contribution < -0.4 is 10.0 Å². The van der Waals surface area contributed by atoms with Gasteiger partial charge in [0.1, 0.15) is 0 Å². The van der Waals surface area contributed by atoms with Crippen molar-refractivity contribution in [2.45, 2.75) is 39.0 Å². The van der Waals surface area contributed by atoms with Crippen molar-refractivity contribution in [2.75, 3.05) is 19.0 Å². The average Bonchev–Trinajstić information content (AvgIpc) is 2.45. The zero-order chi connectivity index (χ0) is 18.5. The SMILES string of the molecule is CNS(=O)(=O)c1cc(NC(=O)COC(=O)CC(C)(C)C)ccc1C. The maximum absolute atomic E-state index is 11.9. The number of rotatable bonds is 6. The zero-order valence-corrected chi connectivity index (χ0v) is 15.4. The summed E-state index contributed by atoms with van der Waals surface area (Å²) in [7, 11) is -2.31. The molecule has 8 heteroatoms. The molecule has 7 nitrogen and oxygen atoms in total. The fraction of sp³-hybridized carbons (Fsp3) is 0.500. The second kappa shape index (κ2) is 7.76. The van der Waals surface area contributed by atoms with Gasteiger partial charge in [0.15, 0.2) is 6.61 Å². The number of anilines is 1.